The summed E-state index contributed by atoms with van der Waals surface area (Å²) in [4.78, 5) is 15.2. The van der Waals surface area contributed by atoms with Gasteiger partial charge in [0.1, 0.15) is 0 Å². The third kappa shape index (κ3) is 4.60. The summed E-state index contributed by atoms with van der Waals surface area (Å²) < 4.78 is 50.2. The molecule has 5 nitrogen and oxygen atoms in total. The molecule has 0 fully saturated rings. The first kappa shape index (κ1) is 16.1. The minimum Gasteiger partial charge on any atom is -0.493 e. The molecule has 0 bridgehead atoms. The molecule has 1 heterocycles. The second-order valence-corrected chi connectivity index (χ2v) is 3.76. The highest BCUT2D eigenvalue weighted by Gasteiger charge is 2.33. The minimum absolute atomic E-state index is 0.0269. The Bertz CT molecular complexity index is 488. The molecule has 0 amide bonds. The van der Waals surface area contributed by atoms with Crippen LogP contribution in [-0.2, 0) is 16.0 Å². The highest BCUT2D eigenvalue weighted by molar-refractivity contribution is 5.72. The number of hydrogen-bond donors (Lipinski definition) is 0. The third-order valence-electron chi connectivity index (χ3n) is 2.23. The smallest absolute Gasteiger partial charge is 0.493 e. The number of halogens is 3. The van der Waals surface area contributed by atoms with Crippen LogP contribution in [0, 0.1) is 6.92 Å². The Morgan fingerprint density at radius 2 is 2.05 bits per heavy atom. The molecule has 0 aliphatic carbocycles. The number of ether oxygens (including phenoxy) is 3. The van der Waals surface area contributed by atoms with E-state index in [0.29, 0.717) is 0 Å². The first-order valence-electron chi connectivity index (χ1n) is 5.72. The van der Waals surface area contributed by atoms with E-state index in [1.807, 2.05) is 0 Å². The van der Waals surface area contributed by atoms with Crippen LogP contribution in [-0.4, -0.2) is 31.0 Å². The van der Waals surface area contributed by atoms with Gasteiger partial charge in [-0.3, -0.25) is 9.78 Å². The van der Waals surface area contributed by atoms with E-state index in [2.05, 4.69) is 9.72 Å². The van der Waals surface area contributed by atoms with Crippen molar-refractivity contribution in [1.82, 2.24) is 4.98 Å². The van der Waals surface area contributed by atoms with Gasteiger partial charge in [0, 0.05) is 6.07 Å². The Hall–Kier alpha value is -1.99. The number of pyridine rings is 1. The molecule has 1 aromatic rings. The SMILES string of the molecule is CCOC(=O)Cc1cc(OC)c(OC(F)(F)F)c(C)n1. The summed E-state index contributed by atoms with van der Waals surface area (Å²) in [6.45, 7) is 3.19. The summed E-state index contributed by atoms with van der Waals surface area (Å²) in [5.74, 6) is -1.19. The average Bonchev–Trinajstić information content (AvgIpc) is 2.31. The number of esters is 1. The van der Waals surface area contributed by atoms with Crippen molar-refractivity contribution >= 4 is 5.97 Å². The molecule has 20 heavy (non-hydrogen) atoms. The van der Waals surface area contributed by atoms with Crippen molar-refractivity contribution in [1.29, 1.82) is 0 Å². The molecule has 0 saturated heterocycles. The number of carbonyl (C=O) groups is 1. The van der Waals surface area contributed by atoms with Crippen molar-refractivity contribution in [3.8, 4) is 11.5 Å². The Labute approximate surface area is 113 Å². The molecule has 0 spiro atoms. The largest absolute Gasteiger partial charge is 0.573 e. The number of hydrogen-bond acceptors (Lipinski definition) is 5. The van der Waals surface area contributed by atoms with Crippen molar-refractivity contribution in [3.63, 3.8) is 0 Å². The van der Waals surface area contributed by atoms with Crippen LogP contribution in [0.15, 0.2) is 6.07 Å². The second-order valence-electron chi connectivity index (χ2n) is 3.76. The van der Waals surface area contributed by atoms with Gasteiger partial charge < -0.3 is 14.2 Å². The predicted octanol–water partition coefficient (Wildman–Crippen LogP) is 2.40. The third-order valence-corrected chi connectivity index (χ3v) is 2.23. The molecule has 0 atom stereocenters. The monoisotopic (exact) mass is 293 g/mol. The number of methoxy groups -OCH3 is 1. The summed E-state index contributed by atoms with van der Waals surface area (Å²) in [7, 11) is 1.20. The fourth-order valence-electron chi connectivity index (χ4n) is 1.54. The van der Waals surface area contributed by atoms with Gasteiger partial charge in [-0.15, -0.1) is 13.2 Å². The van der Waals surface area contributed by atoms with Crippen LogP contribution < -0.4 is 9.47 Å². The lowest BCUT2D eigenvalue weighted by atomic mass is 10.2. The van der Waals surface area contributed by atoms with Crippen LogP contribution in [0.3, 0.4) is 0 Å². The van der Waals surface area contributed by atoms with E-state index in [0.717, 1.165) is 0 Å². The van der Waals surface area contributed by atoms with Crippen LogP contribution in [0.5, 0.6) is 11.5 Å². The summed E-state index contributed by atoms with van der Waals surface area (Å²) >= 11 is 0. The van der Waals surface area contributed by atoms with Gasteiger partial charge in [-0.2, -0.15) is 0 Å². The molecule has 0 aromatic carbocycles. The van der Waals surface area contributed by atoms with E-state index in [1.165, 1.54) is 20.1 Å². The van der Waals surface area contributed by atoms with Crippen molar-refractivity contribution in [2.45, 2.75) is 26.6 Å². The zero-order valence-electron chi connectivity index (χ0n) is 11.2. The van der Waals surface area contributed by atoms with Crippen LogP contribution >= 0.6 is 0 Å². The minimum atomic E-state index is -4.84. The fourth-order valence-corrected chi connectivity index (χ4v) is 1.54. The fraction of sp³-hybridized carbons (Fsp3) is 0.500. The van der Waals surface area contributed by atoms with Gasteiger partial charge >= 0.3 is 12.3 Å². The maximum Gasteiger partial charge on any atom is 0.573 e. The molecule has 1 rings (SSSR count). The molecule has 0 N–H and O–H groups in total. The molecular formula is C12H14F3NO4. The molecule has 0 saturated carbocycles. The van der Waals surface area contributed by atoms with Gasteiger partial charge in [0.15, 0.2) is 11.5 Å². The topological polar surface area (TPSA) is 57.7 Å². The first-order valence-corrected chi connectivity index (χ1v) is 5.72. The van der Waals surface area contributed by atoms with Gasteiger partial charge in [-0.05, 0) is 13.8 Å². The van der Waals surface area contributed by atoms with Crippen molar-refractivity contribution < 1.29 is 32.2 Å². The van der Waals surface area contributed by atoms with E-state index in [1.54, 1.807) is 6.92 Å². The predicted molar refractivity (Wildman–Crippen MR) is 62.5 cm³/mol. The second kappa shape index (κ2) is 6.44. The number of rotatable bonds is 5. The Kier molecular flexibility index (Phi) is 5.18. The van der Waals surface area contributed by atoms with E-state index in [-0.39, 0.29) is 30.2 Å². The zero-order chi connectivity index (χ0) is 15.3. The van der Waals surface area contributed by atoms with Gasteiger partial charge in [0.05, 0.1) is 31.5 Å². The van der Waals surface area contributed by atoms with E-state index >= 15 is 0 Å². The lowest BCUT2D eigenvalue weighted by molar-refractivity contribution is -0.275. The maximum absolute atomic E-state index is 12.3. The van der Waals surface area contributed by atoms with Crippen molar-refractivity contribution in [2.24, 2.45) is 0 Å². The lowest BCUT2D eigenvalue weighted by Gasteiger charge is -2.15. The van der Waals surface area contributed by atoms with E-state index in [9.17, 15) is 18.0 Å². The number of aryl methyl sites for hydroxylation is 1. The molecular weight excluding hydrogens is 279 g/mol. The number of carbonyl (C=O) groups excluding carboxylic acids is 1. The zero-order valence-corrected chi connectivity index (χ0v) is 11.2. The van der Waals surface area contributed by atoms with Crippen molar-refractivity contribution in [3.05, 3.63) is 17.5 Å². The van der Waals surface area contributed by atoms with Gasteiger partial charge in [-0.1, -0.05) is 0 Å². The molecule has 0 unspecified atom stereocenters. The summed E-state index contributed by atoms with van der Waals surface area (Å²) in [5.41, 5.74) is 0.216. The summed E-state index contributed by atoms with van der Waals surface area (Å²) in [6.07, 6.45) is -5.00. The van der Waals surface area contributed by atoms with E-state index in [4.69, 9.17) is 9.47 Å². The molecule has 0 aliphatic heterocycles. The molecule has 0 radical (unpaired) electrons. The van der Waals surface area contributed by atoms with Crippen LogP contribution in [0.4, 0.5) is 13.2 Å². The van der Waals surface area contributed by atoms with Crippen LogP contribution in [0.25, 0.3) is 0 Å². The van der Waals surface area contributed by atoms with Gasteiger partial charge in [0.25, 0.3) is 0 Å². The number of aromatic nitrogens is 1. The molecule has 1 aromatic heterocycles. The Morgan fingerprint density at radius 1 is 1.40 bits per heavy atom. The van der Waals surface area contributed by atoms with E-state index < -0.39 is 18.1 Å². The highest BCUT2D eigenvalue weighted by atomic mass is 19.4. The average molecular weight is 293 g/mol. The molecule has 0 aliphatic rings. The Balaban J connectivity index is 3.04. The Morgan fingerprint density at radius 3 is 2.55 bits per heavy atom. The van der Waals surface area contributed by atoms with Crippen LogP contribution in [0.1, 0.15) is 18.3 Å². The van der Waals surface area contributed by atoms with Gasteiger partial charge in [0.2, 0.25) is 0 Å². The first-order chi connectivity index (χ1) is 9.26. The maximum atomic E-state index is 12.3. The lowest BCUT2D eigenvalue weighted by Crippen LogP contribution is -2.19. The number of alkyl halides is 3. The summed E-state index contributed by atoms with van der Waals surface area (Å²) in [5, 5.41) is 0. The van der Waals surface area contributed by atoms with Gasteiger partial charge in [-0.25, -0.2) is 0 Å². The quantitative estimate of drug-likeness (QED) is 0.780. The molecule has 8 heteroatoms. The standard InChI is InChI=1S/C12H14F3NO4/c1-4-19-10(17)6-8-5-9(18-3)11(7(2)16-8)20-12(13,14)15/h5H,4,6H2,1-3H3. The van der Waals surface area contributed by atoms with Crippen LogP contribution in [0.2, 0.25) is 0 Å². The number of nitrogens with zero attached hydrogens (tertiary/aromatic N) is 1. The summed E-state index contributed by atoms with van der Waals surface area (Å²) in [6, 6.07) is 1.21. The normalized spacial score (nSPS) is 11.1. The van der Waals surface area contributed by atoms with Crippen molar-refractivity contribution in [2.75, 3.05) is 13.7 Å². The molecule has 112 valence electrons. The highest BCUT2D eigenvalue weighted by Crippen LogP contribution is 2.34.